The van der Waals surface area contributed by atoms with Crippen LogP contribution in [0.25, 0.3) is 22.6 Å². The summed E-state index contributed by atoms with van der Waals surface area (Å²) in [6, 6.07) is 16.1. The molecule has 2 aromatic heterocycles. The summed E-state index contributed by atoms with van der Waals surface area (Å²) in [6.07, 6.45) is 3.52. The van der Waals surface area contributed by atoms with Crippen molar-refractivity contribution in [3.05, 3.63) is 72.3 Å². The molecule has 130 valence electrons. The minimum Gasteiger partial charge on any atom is -0.492 e. The average molecular weight is 348 g/mol. The van der Waals surface area contributed by atoms with E-state index in [0.29, 0.717) is 29.1 Å². The van der Waals surface area contributed by atoms with E-state index in [1.54, 1.807) is 18.5 Å². The van der Waals surface area contributed by atoms with Gasteiger partial charge in [-0.05, 0) is 42.7 Å². The standard InChI is InChI=1S/C20H17FN4O/c21-16-10-8-15(9-11-16)18-23-19-17(20(26)24-18)25(13-22-19)12-4-7-14-5-2-1-3-6-14/h1-3,5-6,8-11,13H,4,7,12H2,(H,23,24,26). The lowest BCUT2D eigenvalue weighted by Gasteiger charge is -2.06. The highest BCUT2D eigenvalue weighted by Crippen LogP contribution is 2.25. The third-order valence-corrected chi connectivity index (χ3v) is 4.26. The molecule has 0 saturated heterocycles. The fourth-order valence-electron chi connectivity index (χ4n) is 2.96. The molecule has 1 N–H and O–H groups in total. The minimum atomic E-state index is -0.332. The number of nitrogens with zero attached hydrogens (tertiary/aromatic N) is 4. The molecule has 0 amide bonds. The van der Waals surface area contributed by atoms with Crippen LogP contribution in [0.4, 0.5) is 4.39 Å². The van der Waals surface area contributed by atoms with Crippen molar-refractivity contribution < 1.29 is 9.50 Å². The van der Waals surface area contributed by atoms with Crippen LogP contribution < -0.4 is 0 Å². The van der Waals surface area contributed by atoms with Crippen LogP contribution in [0, 0.1) is 5.82 Å². The first-order valence-corrected chi connectivity index (χ1v) is 8.42. The van der Waals surface area contributed by atoms with Crippen molar-refractivity contribution in [2.24, 2.45) is 0 Å². The molecular weight excluding hydrogens is 331 g/mol. The summed E-state index contributed by atoms with van der Waals surface area (Å²) in [5, 5.41) is 10.4. The molecule has 0 spiro atoms. The van der Waals surface area contributed by atoms with E-state index in [1.165, 1.54) is 17.7 Å². The van der Waals surface area contributed by atoms with Crippen molar-refractivity contribution in [3.8, 4) is 17.3 Å². The van der Waals surface area contributed by atoms with Gasteiger partial charge in [-0.15, -0.1) is 0 Å². The maximum absolute atomic E-state index is 13.1. The van der Waals surface area contributed by atoms with Crippen LogP contribution in [0.5, 0.6) is 5.88 Å². The second-order valence-electron chi connectivity index (χ2n) is 6.08. The van der Waals surface area contributed by atoms with Gasteiger partial charge in [-0.1, -0.05) is 30.3 Å². The minimum absolute atomic E-state index is 0.119. The fraction of sp³-hybridized carbons (Fsp3) is 0.150. The van der Waals surface area contributed by atoms with E-state index in [2.05, 4.69) is 27.1 Å². The Kier molecular flexibility index (Phi) is 4.31. The Morgan fingerprint density at radius 2 is 1.73 bits per heavy atom. The first kappa shape index (κ1) is 16.2. The van der Waals surface area contributed by atoms with Crippen LogP contribution in [0.2, 0.25) is 0 Å². The highest BCUT2D eigenvalue weighted by atomic mass is 19.1. The molecule has 0 aliphatic heterocycles. The van der Waals surface area contributed by atoms with Crippen LogP contribution in [-0.4, -0.2) is 24.6 Å². The number of aryl methyl sites for hydroxylation is 2. The van der Waals surface area contributed by atoms with Crippen molar-refractivity contribution in [1.29, 1.82) is 0 Å². The zero-order valence-electron chi connectivity index (χ0n) is 14.0. The van der Waals surface area contributed by atoms with E-state index < -0.39 is 0 Å². The predicted octanol–water partition coefficient (Wildman–Crippen LogP) is 3.97. The van der Waals surface area contributed by atoms with Gasteiger partial charge >= 0.3 is 0 Å². The Hall–Kier alpha value is -3.28. The predicted molar refractivity (Wildman–Crippen MR) is 97.1 cm³/mol. The van der Waals surface area contributed by atoms with E-state index in [9.17, 15) is 9.50 Å². The monoisotopic (exact) mass is 348 g/mol. The van der Waals surface area contributed by atoms with E-state index >= 15 is 0 Å². The highest BCUT2D eigenvalue weighted by molar-refractivity contribution is 5.78. The molecule has 0 bridgehead atoms. The molecule has 26 heavy (non-hydrogen) atoms. The lowest BCUT2D eigenvalue weighted by Crippen LogP contribution is -2.00. The second-order valence-corrected chi connectivity index (χ2v) is 6.08. The number of halogens is 1. The van der Waals surface area contributed by atoms with Crippen LogP contribution in [0.3, 0.4) is 0 Å². The van der Waals surface area contributed by atoms with Crippen molar-refractivity contribution in [2.45, 2.75) is 19.4 Å². The number of benzene rings is 2. The first-order chi connectivity index (χ1) is 12.7. The molecule has 0 radical (unpaired) electrons. The van der Waals surface area contributed by atoms with Crippen molar-refractivity contribution >= 4 is 11.2 Å². The van der Waals surface area contributed by atoms with Crippen LogP contribution in [0.15, 0.2) is 60.9 Å². The molecule has 6 heteroatoms. The second kappa shape index (κ2) is 6.92. The summed E-state index contributed by atoms with van der Waals surface area (Å²) in [5.41, 5.74) is 2.85. The summed E-state index contributed by atoms with van der Waals surface area (Å²) in [6.45, 7) is 0.707. The van der Waals surface area contributed by atoms with Gasteiger partial charge in [-0.3, -0.25) is 0 Å². The summed E-state index contributed by atoms with van der Waals surface area (Å²) in [5.74, 6) is -0.127. The molecule has 5 nitrogen and oxygen atoms in total. The number of aromatic nitrogens is 4. The molecular formula is C20H17FN4O. The van der Waals surface area contributed by atoms with Crippen LogP contribution >= 0.6 is 0 Å². The van der Waals surface area contributed by atoms with Gasteiger partial charge in [0.2, 0.25) is 5.88 Å². The fourth-order valence-corrected chi connectivity index (χ4v) is 2.96. The number of aromatic hydroxyl groups is 1. The number of imidazole rings is 1. The number of hydrogen-bond acceptors (Lipinski definition) is 4. The number of hydrogen-bond donors (Lipinski definition) is 1. The topological polar surface area (TPSA) is 63.8 Å². The van der Waals surface area contributed by atoms with Gasteiger partial charge in [-0.25, -0.2) is 14.4 Å². The van der Waals surface area contributed by atoms with Crippen LogP contribution in [-0.2, 0) is 13.0 Å². The van der Waals surface area contributed by atoms with Gasteiger partial charge in [0.1, 0.15) is 5.82 Å². The van der Waals surface area contributed by atoms with Gasteiger partial charge in [0.15, 0.2) is 17.0 Å². The van der Waals surface area contributed by atoms with Crippen molar-refractivity contribution in [3.63, 3.8) is 0 Å². The molecule has 0 aliphatic rings. The van der Waals surface area contributed by atoms with E-state index in [-0.39, 0.29) is 11.7 Å². The Bertz CT molecular complexity index is 1030. The molecule has 0 unspecified atom stereocenters. The van der Waals surface area contributed by atoms with E-state index in [0.717, 1.165) is 12.8 Å². The van der Waals surface area contributed by atoms with Crippen molar-refractivity contribution in [2.75, 3.05) is 0 Å². The third-order valence-electron chi connectivity index (χ3n) is 4.26. The van der Waals surface area contributed by atoms with Gasteiger partial charge in [-0.2, -0.15) is 4.98 Å². The normalized spacial score (nSPS) is 11.1. The average Bonchev–Trinajstić information content (AvgIpc) is 3.07. The number of rotatable bonds is 5. The Balaban J connectivity index is 1.57. The smallest absolute Gasteiger partial charge is 0.241 e. The zero-order valence-corrected chi connectivity index (χ0v) is 14.0. The summed E-state index contributed by atoms with van der Waals surface area (Å²) < 4.78 is 14.9. The Morgan fingerprint density at radius 1 is 0.962 bits per heavy atom. The SMILES string of the molecule is Oc1nc(-c2ccc(F)cc2)nc2ncn(CCCc3ccccc3)c12. The van der Waals surface area contributed by atoms with E-state index in [4.69, 9.17) is 0 Å². The summed E-state index contributed by atoms with van der Waals surface area (Å²) in [4.78, 5) is 12.8. The van der Waals surface area contributed by atoms with Gasteiger partial charge < -0.3 is 9.67 Å². The molecule has 4 aromatic rings. The largest absolute Gasteiger partial charge is 0.492 e. The lowest BCUT2D eigenvalue weighted by atomic mass is 10.1. The molecule has 0 atom stereocenters. The molecule has 4 rings (SSSR count). The summed E-state index contributed by atoms with van der Waals surface area (Å²) >= 11 is 0. The zero-order chi connectivity index (χ0) is 17.9. The molecule has 0 fully saturated rings. The highest BCUT2D eigenvalue weighted by Gasteiger charge is 2.14. The maximum atomic E-state index is 13.1. The maximum Gasteiger partial charge on any atom is 0.241 e. The Morgan fingerprint density at radius 3 is 2.50 bits per heavy atom. The first-order valence-electron chi connectivity index (χ1n) is 8.42. The van der Waals surface area contributed by atoms with Gasteiger partial charge in [0.05, 0.1) is 6.33 Å². The molecule has 2 heterocycles. The van der Waals surface area contributed by atoms with Gasteiger partial charge in [0, 0.05) is 12.1 Å². The quantitative estimate of drug-likeness (QED) is 0.593. The molecule has 2 aromatic carbocycles. The lowest BCUT2D eigenvalue weighted by molar-refractivity contribution is 0.455. The van der Waals surface area contributed by atoms with E-state index in [1.807, 2.05) is 22.8 Å². The number of fused-ring (bicyclic) bond motifs is 1. The molecule has 0 saturated carbocycles. The van der Waals surface area contributed by atoms with Gasteiger partial charge in [0.25, 0.3) is 0 Å². The molecule has 0 aliphatic carbocycles. The third kappa shape index (κ3) is 3.26. The Labute approximate surface area is 149 Å². The van der Waals surface area contributed by atoms with Crippen molar-refractivity contribution in [1.82, 2.24) is 19.5 Å². The van der Waals surface area contributed by atoms with Crippen LogP contribution in [0.1, 0.15) is 12.0 Å². The summed E-state index contributed by atoms with van der Waals surface area (Å²) in [7, 11) is 0.